The minimum absolute atomic E-state index is 0.0895. The van der Waals surface area contributed by atoms with Gasteiger partial charge in [0.2, 0.25) is 0 Å². The first-order valence-electron chi connectivity index (χ1n) is 8.41. The number of esters is 1. The molecule has 3 rings (SSSR count). The number of carbonyl (C=O) groups is 2. The number of nitro benzene ring substituents is 1. The summed E-state index contributed by atoms with van der Waals surface area (Å²) in [5, 5.41) is 15.8. The van der Waals surface area contributed by atoms with E-state index in [2.05, 4.69) is 5.32 Å². The summed E-state index contributed by atoms with van der Waals surface area (Å²) < 4.78 is 5.14. The van der Waals surface area contributed by atoms with Crippen LogP contribution < -0.4 is 5.32 Å². The molecule has 0 saturated carbocycles. The molecular weight excluding hydrogens is 380 g/mol. The van der Waals surface area contributed by atoms with E-state index in [1.165, 1.54) is 12.1 Å². The second kappa shape index (κ2) is 8.45. The zero-order valence-corrected chi connectivity index (χ0v) is 15.7. The van der Waals surface area contributed by atoms with Gasteiger partial charge in [-0.3, -0.25) is 14.9 Å². The summed E-state index contributed by atoms with van der Waals surface area (Å²) in [7, 11) is 0. The lowest BCUT2D eigenvalue weighted by Gasteiger charge is -2.09. The topological polar surface area (TPSA) is 98.5 Å². The lowest BCUT2D eigenvalue weighted by atomic mass is 10.0. The molecule has 7 nitrogen and oxygen atoms in total. The summed E-state index contributed by atoms with van der Waals surface area (Å²) in [6.45, 7) is 1.84. The van der Waals surface area contributed by atoms with Crippen molar-refractivity contribution in [3.8, 4) is 11.1 Å². The predicted octanol–water partition coefficient (Wildman–Crippen LogP) is 4.75. The van der Waals surface area contributed by atoms with Crippen molar-refractivity contribution in [2.75, 3.05) is 11.9 Å². The van der Waals surface area contributed by atoms with Crippen LogP contribution in [0.4, 0.5) is 10.7 Å². The lowest BCUT2D eigenvalue weighted by Crippen LogP contribution is -2.14. The lowest BCUT2D eigenvalue weighted by molar-refractivity contribution is -0.384. The van der Waals surface area contributed by atoms with Gasteiger partial charge in [0, 0.05) is 28.6 Å². The molecule has 0 aliphatic heterocycles. The molecule has 0 radical (unpaired) electrons. The van der Waals surface area contributed by atoms with Crippen LogP contribution in [0.5, 0.6) is 0 Å². The van der Waals surface area contributed by atoms with Gasteiger partial charge in [0.25, 0.3) is 11.6 Å². The quantitative estimate of drug-likeness (QED) is 0.368. The monoisotopic (exact) mass is 396 g/mol. The Morgan fingerprint density at radius 3 is 2.57 bits per heavy atom. The highest BCUT2D eigenvalue weighted by Crippen LogP contribution is 2.37. The number of nitro groups is 1. The Kier molecular flexibility index (Phi) is 5.81. The molecule has 0 unspecified atom stereocenters. The summed E-state index contributed by atoms with van der Waals surface area (Å²) in [5.41, 5.74) is 1.50. The summed E-state index contributed by atoms with van der Waals surface area (Å²) in [4.78, 5) is 35.6. The minimum Gasteiger partial charge on any atom is -0.462 e. The Bertz CT molecular complexity index is 1030. The van der Waals surface area contributed by atoms with Gasteiger partial charge in [-0.05, 0) is 24.6 Å². The highest BCUT2D eigenvalue weighted by Gasteiger charge is 2.24. The van der Waals surface area contributed by atoms with Gasteiger partial charge in [-0.15, -0.1) is 11.3 Å². The number of nitrogens with one attached hydrogen (secondary N) is 1. The van der Waals surface area contributed by atoms with Crippen LogP contribution in [-0.4, -0.2) is 23.4 Å². The van der Waals surface area contributed by atoms with E-state index < -0.39 is 10.9 Å². The number of benzene rings is 2. The maximum atomic E-state index is 12.6. The van der Waals surface area contributed by atoms with Crippen LogP contribution in [0.1, 0.15) is 27.6 Å². The molecule has 1 heterocycles. The van der Waals surface area contributed by atoms with Crippen LogP contribution in [0.3, 0.4) is 0 Å². The Labute approximate surface area is 164 Å². The highest BCUT2D eigenvalue weighted by molar-refractivity contribution is 7.15. The number of anilines is 1. The van der Waals surface area contributed by atoms with Crippen molar-refractivity contribution in [3.63, 3.8) is 0 Å². The fourth-order valence-electron chi connectivity index (χ4n) is 2.62. The predicted molar refractivity (Wildman–Crippen MR) is 107 cm³/mol. The molecule has 0 atom stereocenters. The van der Waals surface area contributed by atoms with Crippen molar-refractivity contribution in [1.82, 2.24) is 0 Å². The van der Waals surface area contributed by atoms with Gasteiger partial charge >= 0.3 is 5.97 Å². The van der Waals surface area contributed by atoms with Crippen molar-refractivity contribution in [1.29, 1.82) is 0 Å². The maximum absolute atomic E-state index is 12.6. The summed E-state index contributed by atoms with van der Waals surface area (Å²) in [6, 6.07) is 14.6. The van der Waals surface area contributed by atoms with Crippen molar-refractivity contribution in [2.45, 2.75) is 6.92 Å². The highest BCUT2D eigenvalue weighted by atomic mass is 32.1. The van der Waals surface area contributed by atoms with Gasteiger partial charge in [0.1, 0.15) is 10.6 Å². The Morgan fingerprint density at radius 2 is 1.89 bits per heavy atom. The second-order valence-corrected chi connectivity index (χ2v) is 6.58. The van der Waals surface area contributed by atoms with Crippen LogP contribution in [-0.2, 0) is 4.74 Å². The molecule has 0 aliphatic carbocycles. The molecule has 3 aromatic rings. The van der Waals surface area contributed by atoms with Gasteiger partial charge in [-0.25, -0.2) is 4.79 Å². The Hall–Kier alpha value is -3.52. The first kappa shape index (κ1) is 19.2. The van der Waals surface area contributed by atoms with Crippen molar-refractivity contribution >= 4 is 33.9 Å². The zero-order valence-electron chi connectivity index (χ0n) is 14.9. The number of thiophene rings is 1. The molecule has 1 amide bonds. The third-order valence-electron chi connectivity index (χ3n) is 3.90. The summed E-state index contributed by atoms with van der Waals surface area (Å²) in [6.07, 6.45) is 0. The third-order valence-corrected chi connectivity index (χ3v) is 4.80. The second-order valence-electron chi connectivity index (χ2n) is 5.70. The standard InChI is InChI=1S/C20H16N2O5S/c1-2-27-20(24)17-16(14-9-6-10-15(11-14)22(25)26)12-28-19(17)21-18(23)13-7-4-3-5-8-13/h3-12H,2H2,1H3,(H,21,23). The van der Waals surface area contributed by atoms with E-state index in [-0.39, 0.29) is 23.8 Å². The number of rotatable bonds is 6. The molecule has 2 aromatic carbocycles. The zero-order chi connectivity index (χ0) is 20.1. The van der Waals surface area contributed by atoms with E-state index in [1.807, 2.05) is 0 Å². The molecule has 0 spiro atoms. The SMILES string of the molecule is CCOC(=O)c1c(-c2cccc([N+](=O)[O-])c2)csc1NC(=O)c1ccccc1. The minimum atomic E-state index is -0.603. The average molecular weight is 396 g/mol. The molecule has 1 N–H and O–H groups in total. The van der Waals surface area contributed by atoms with E-state index in [9.17, 15) is 19.7 Å². The first-order valence-corrected chi connectivity index (χ1v) is 9.29. The normalized spacial score (nSPS) is 10.3. The van der Waals surface area contributed by atoms with E-state index >= 15 is 0 Å². The van der Waals surface area contributed by atoms with Crippen LogP contribution in [0.2, 0.25) is 0 Å². The molecule has 8 heteroatoms. The Balaban J connectivity index is 2.02. The molecule has 142 valence electrons. The summed E-state index contributed by atoms with van der Waals surface area (Å²) in [5.74, 6) is -0.966. The van der Waals surface area contributed by atoms with E-state index in [0.717, 1.165) is 11.3 Å². The molecule has 28 heavy (non-hydrogen) atoms. The number of nitrogens with zero attached hydrogens (tertiary/aromatic N) is 1. The van der Waals surface area contributed by atoms with Crippen molar-refractivity contribution in [2.24, 2.45) is 0 Å². The maximum Gasteiger partial charge on any atom is 0.341 e. The van der Waals surface area contributed by atoms with Crippen LogP contribution >= 0.6 is 11.3 Å². The molecule has 0 aliphatic rings. The van der Waals surface area contributed by atoms with Crippen LogP contribution in [0.15, 0.2) is 60.0 Å². The number of ether oxygens (including phenoxy) is 1. The molecular formula is C20H16N2O5S. The largest absolute Gasteiger partial charge is 0.462 e. The van der Waals surface area contributed by atoms with Crippen LogP contribution in [0.25, 0.3) is 11.1 Å². The van der Waals surface area contributed by atoms with Gasteiger partial charge in [-0.1, -0.05) is 30.3 Å². The number of hydrogen-bond acceptors (Lipinski definition) is 6. The van der Waals surface area contributed by atoms with Crippen molar-refractivity contribution < 1.29 is 19.2 Å². The summed E-state index contributed by atoms with van der Waals surface area (Å²) >= 11 is 1.16. The third kappa shape index (κ3) is 4.07. The number of amides is 1. The van der Waals surface area contributed by atoms with Gasteiger partial charge in [-0.2, -0.15) is 0 Å². The molecule has 1 aromatic heterocycles. The Morgan fingerprint density at radius 1 is 1.14 bits per heavy atom. The van der Waals surface area contributed by atoms with E-state index in [4.69, 9.17) is 4.74 Å². The molecule has 0 bridgehead atoms. The average Bonchev–Trinajstić information content (AvgIpc) is 3.12. The molecule has 0 fully saturated rings. The van der Waals surface area contributed by atoms with Crippen LogP contribution in [0, 0.1) is 10.1 Å². The van der Waals surface area contributed by atoms with Gasteiger partial charge in [0.15, 0.2) is 0 Å². The fraction of sp³-hybridized carbons (Fsp3) is 0.100. The van der Waals surface area contributed by atoms with Gasteiger partial charge in [0.05, 0.1) is 11.5 Å². The van der Waals surface area contributed by atoms with Gasteiger partial charge < -0.3 is 10.1 Å². The number of non-ortho nitro benzene ring substituents is 1. The first-order chi connectivity index (χ1) is 13.5. The molecule has 0 saturated heterocycles. The van der Waals surface area contributed by atoms with E-state index in [1.54, 1.807) is 54.8 Å². The smallest absolute Gasteiger partial charge is 0.341 e. The number of hydrogen-bond donors (Lipinski definition) is 1. The fourth-order valence-corrected chi connectivity index (χ4v) is 3.57. The van der Waals surface area contributed by atoms with E-state index in [0.29, 0.717) is 21.7 Å². The number of carbonyl (C=O) groups excluding carboxylic acids is 2. The van der Waals surface area contributed by atoms with Crippen molar-refractivity contribution in [3.05, 3.63) is 81.2 Å².